The van der Waals surface area contributed by atoms with Crippen molar-refractivity contribution in [1.82, 2.24) is 9.78 Å². The zero-order chi connectivity index (χ0) is 20.3. The number of benzene rings is 2. The molecule has 2 aromatic carbocycles. The van der Waals surface area contributed by atoms with Gasteiger partial charge in [-0.25, -0.2) is 0 Å². The number of aromatic nitrogens is 2. The van der Waals surface area contributed by atoms with Gasteiger partial charge in [0.05, 0.1) is 39.9 Å². The zero-order valence-electron chi connectivity index (χ0n) is 14.1. The molecule has 3 rings (SSSR count). The molecule has 0 fully saturated rings. The van der Waals surface area contributed by atoms with Crippen molar-refractivity contribution in [1.29, 1.82) is 0 Å². The summed E-state index contributed by atoms with van der Waals surface area (Å²) in [6, 6.07) is 9.94. The van der Waals surface area contributed by atoms with Crippen LogP contribution in [-0.4, -0.2) is 25.5 Å². The Kier molecular flexibility index (Phi) is 5.32. The predicted octanol–water partition coefficient (Wildman–Crippen LogP) is 3.65. The monoisotopic (exact) mass is 401 g/mol. The van der Waals surface area contributed by atoms with Crippen molar-refractivity contribution in [2.24, 2.45) is 0 Å². The lowest BCUT2D eigenvalue weighted by molar-refractivity contribution is -0.394. The molecule has 0 saturated carbocycles. The first-order valence-corrected chi connectivity index (χ1v) is 8.22. The van der Waals surface area contributed by atoms with Crippen molar-refractivity contribution in [3.63, 3.8) is 0 Å². The first-order valence-electron chi connectivity index (χ1n) is 7.84. The first-order chi connectivity index (χ1) is 13.3. The van der Waals surface area contributed by atoms with Crippen molar-refractivity contribution >= 4 is 34.6 Å². The van der Waals surface area contributed by atoms with Gasteiger partial charge in [0.15, 0.2) is 0 Å². The van der Waals surface area contributed by atoms with E-state index in [0.717, 1.165) is 23.8 Å². The number of amides is 1. The van der Waals surface area contributed by atoms with E-state index in [0.29, 0.717) is 17.3 Å². The van der Waals surface area contributed by atoms with Crippen LogP contribution in [0.25, 0.3) is 0 Å². The Morgan fingerprint density at radius 1 is 1.11 bits per heavy atom. The molecule has 0 aliphatic carbocycles. The van der Waals surface area contributed by atoms with Gasteiger partial charge in [-0.2, -0.15) is 5.10 Å². The summed E-state index contributed by atoms with van der Waals surface area (Å²) >= 11 is 5.94. The fourth-order valence-corrected chi connectivity index (χ4v) is 2.69. The number of hydrogen-bond donors (Lipinski definition) is 1. The summed E-state index contributed by atoms with van der Waals surface area (Å²) in [5.41, 5.74) is -0.0560. The SMILES string of the molecule is O=C(Nc1cnn(Cc2cccc(Cl)c2)c1)c1cc([N+](=O)[O-])cc([N+](=O)[O-])c1. The summed E-state index contributed by atoms with van der Waals surface area (Å²) in [5, 5.41) is 29.1. The average Bonchev–Trinajstić information content (AvgIpc) is 3.08. The molecule has 0 radical (unpaired) electrons. The Labute approximate surface area is 162 Å². The van der Waals surface area contributed by atoms with Crippen molar-refractivity contribution in [2.45, 2.75) is 6.54 Å². The van der Waals surface area contributed by atoms with Crippen LogP contribution in [0.1, 0.15) is 15.9 Å². The minimum atomic E-state index is -0.799. The molecule has 1 amide bonds. The molecular weight excluding hydrogens is 390 g/mol. The molecule has 3 aromatic rings. The maximum absolute atomic E-state index is 12.4. The van der Waals surface area contributed by atoms with E-state index in [1.807, 2.05) is 6.07 Å². The van der Waals surface area contributed by atoms with E-state index in [9.17, 15) is 25.0 Å². The number of hydrogen-bond acceptors (Lipinski definition) is 6. The molecule has 0 spiro atoms. The van der Waals surface area contributed by atoms with Crippen LogP contribution < -0.4 is 5.32 Å². The van der Waals surface area contributed by atoms with Gasteiger partial charge >= 0.3 is 0 Å². The van der Waals surface area contributed by atoms with Gasteiger partial charge in [-0.1, -0.05) is 23.7 Å². The number of nitrogens with zero attached hydrogens (tertiary/aromatic N) is 4. The minimum Gasteiger partial charge on any atom is -0.319 e. The van der Waals surface area contributed by atoms with Crippen molar-refractivity contribution in [3.8, 4) is 0 Å². The van der Waals surface area contributed by atoms with Gasteiger partial charge in [0.1, 0.15) is 0 Å². The highest BCUT2D eigenvalue weighted by Gasteiger charge is 2.20. The normalized spacial score (nSPS) is 10.5. The van der Waals surface area contributed by atoms with Crippen LogP contribution in [0.3, 0.4) is 0 Å². The topological polar surface area (TPSA) is 133 Å². The van der Waals surface area contributed by atoms with Crippen LogP contribution in [0.2, 0.25) is 5.02 Å². The zero-order valence-corrected chi connectivity index (χ0v) is 14.9. The van der Waals surface area contributed by atoms with E-state index in [1.165, 1.54) is 6.20 Å². The first kappa shape index (κ1) is 19.0. The largest absolute Gasteiger partial charge is 0.319 e. The molecule has 142 valence electrons. The van der Waals surface area contributed by atoms with Crippen molar-refractivity contribution in [3.05, 3.63) is 91.2 Å². The summed E-state index contributed by atoms with van der Waals surface area (Å²) < 4.78 is 1.57. The Balaban J connectivity index is 1.77. The number of nitrogens with one attached hydrogen (secondary N) is 1. The van der Waals surface area contributed by atoms with Gasteiger partial charge in [0.2, 0.25) is 0 Å². The lowest BCUT2D eigenvalue weighted by atomic mass is 10.1. The summed E-state index contributed by atoms with van der Waals surface area (Å²) in [7, 11) is 0. The summed E-state index contributed by atoms with van der Waals surface area (Å²) in [5.74, 6) is -0.728. The highest BCUT2D eigenvalue weighted by atomic mass is 35.5. The van der Waals surface area contributed by atoms with Gasteiger partial charge in [0, 0.05) is 23.4 Å². The Hall–Kier alpha value is -3.79. The van der Waals surface area contributed by atoms with Gasteiger partial charge in [-0.15, -0.1) is 0 Å². The van der Waals surface area contributed by atoms with Crippen LogP contribution in [0, 0.1) is 20.2 Å². The Bertz CT molecular complexity index is 1050. The molecular formula is C17H12ClN5O5. The second-order valence-corrected chi connectivity index (χ2v) is 6.20. The lowest BCUT2D eigenvalue weighted by Crippen LogP contribution is -2.12. The van der Waals surface area contributed by atoms with Crippen LogP contribution in [0.5, 0.6) is 0 Å². The van der Waals surface area contributed by atoms with Crippen LogP contribution in [0.4, 0.5) is 17.1 Å². The van der Waals surface area contributed by atoms with E-state index in [1.54, 1.807) is 29.1 Å². The number of anilines is 1. The summed E-state index contributed by atoms with van der Waals surface area (Å²) in [6.45, 7) is 0.415. The number of nitro benzene ring substituents is 2. The second-order valence-electron chi connectivity index (χ2n) is 5.76. The standard InChI is InChI=1S/C17H12ClN5O5/c18-13-3-1-2-11(4-13)9-21-10-14(8-19-21)20-17(24)12-5-15(22(25)26)7-16(6-12)23(27)28/h1-8,10H,9H2,(H,20,24). The third kappa shape index (κ3) is 4.48. The molecule has 10 nitrogen and oxygen atoms in total. The third-order valence-corrected chi connectivity index (χ3v) is 3.95. The molecule has 0 saturated heterocycles. The second kappa shape index (κ2) is 7.84. The molecule has 1 aromatic heterocycles. The van der Waals surface area contributed by atoms with Crippen molar-refractivity contribution in [2.75, 3.05) is 5.32 Å². The van der Waals surface area contributed by atoms with E-state index in [2.05, 4.69) is 10.4 Å². The molecule has 0 unspecified atom stereocenters. The molecule has 11 heteroatoms. The highest BCUT2D eigenvalue weighted by molar-refractivity contribution is 6.30. The van der Waals surface area contributed by atoms with Crippen LogP contribution in [0.15, 0.2) is 54.9 Å². The fourth-order valence-electron chi connectivity index (χ4n) is 2.48. The maximum Gasteiger partial charge on any atom is 0.277 e. The smallest absolute Gasteiger partial charge is 0.277 e. The van der Waals surface area contributed by atoms with Gasteiger partial charge < -0.3 is 5.32 Å². The van der Waals surface area contributed by atoms with Crippen LogP contribution in [-0.2, 0) is 6.54 Å². The number of halogens is 1. The number of carbonyl (C=O) groups excluding carboxylic acids is 1. The maximum atomic E-state index is 12.4. The fraction of sp³-hybridized carbons (Fsp3) is 0.0588. The molecule has 0 aliphatic rings. The third-order valence-electron chi connectivity index (χ3n) is 3.71. The molecule has 1 heterocycles. The van der Waals surface area contributed by atoms with Gasteiger partial charge in [-0.05, 0) is 17.7 Å². The van der Waals surface area contributed by atoms with E-state index in [4.69, 9.17) is 11.6 Å². The molecule has 0 aliphatic heterocycles. The van der Waals surface area contributed by atoms with Crippen molar-refractivity contribution < 1.29 is 14.6 Å². The summed E-state index contributed by atoms with van der Waals surface area (Å²) in [4.78, 5) is 32.6. The number of non-ortho nitro benzene ring substituents is 2. The van der Waals surface area contributed by atoms with Gasteiger partial charge in [-0.3, -0.25) is 29.7 Å². The number of rotatable bonds is 6. The predicted molar refractivity (Wildman–Crippen MR) is 100 cm³/mol. The summed E-state index contributed by atoms with van der Waals surface area (Å²) in [6.07, 6.45) is 2.96. The van der Waals surface area contributed by atoms with Gasteiger partial charge in [0.25, 0.3) is 17.3 Å². The Morgan fingerprint density at radius 3 is 2.39 bits per heavy atom. The average molecular weight is 402 g/mol. The molecule has 0 atom stereocenters. The highest BCUT2D eigenvalue weighted by Crippen LogP contribution is 2.23. The molecule has 1 N–H and O–H groups in total. The van der Waals surface area contributed by atoms with E-state index in [-0.39, 0.29) is 5.56 Å². The molecule has 28 heavy (non-hydrogen) atoms. The number of nitro groups is 2. The Morgan fingerprint density at radius 2 is 1.79 bits per heavy atom. The minimum absolute atomic E-state index is 0.205. The van der Waals surface area contributed by atoms with E-state index >= 15 is 0 Å². The number of carbonyl (C=O) groups is 1. The quantitative estimate of drug-likeness (QED) is 0.495. The van der Waals surface area contributed by atoms with E-state index < -0.39 is 27.1 Å². The van der Waals surface area contributed by atoms with Crippen LogP contribution >= 0.6 is 11.6 Å². The molecule has 0 bridgehead atoms. The lowest BCUT2D eigenvalue weighted by Gasteiger charge is -2.04.